The van der Waals surface area contributed by atoms with E-state index in [0.29, 0.717) is 25.9 Å². The maximum absolute atomic E-state index is 12.2. The van der Waals surface area contributed by atoms with Crippen LogP contribution in [-0.4, -0.2) is 49.0 Å². The largest absolute Gasteiger partial charge is 0.339 e. The van der Waals surface area contributed by atoms with Gasteiger partial charge >= 0.3 is 0 Å². The molecule has 5 nitrogen and oxygen atoms in total. The number of rotatable bonds is 4. The van der Waals surface area contributed by atoms with E-state index >= 15 is 0 Å². The van der Waals surface area contributed by atoms with Crippen LogP contribution in [0.25, 0.3) is 6.08 Å². The highest BCUT2D eigenvalue weighted by molar-refractivity contribution is 5.92. The summed E-state index contributed by atoms with van der Waals surface area (Å²) in [4.78, 5) is 30.9. The Balaban J connectivity index is 1.85. The lowest BCUT2D eigenvalue weighted by atomic mass is 9.96. The van der Waals surface area contributed by atoms with Crippen LogP contribution in [0.2, 0.25) is 0 Å². The first kappa shape index (κ1) is 16.2. The summed E-state index contributed by atoms with van der Waals surface area (Å²) in [5.41, 5.74) is 1.00. The number of hydroxylamine groups is 2. The molecule has 0 radical (unpaired) electrons. The number of carbonyl (C=O) groups is 2. The molecule has 0 aliphatic carbocycles. The zero-order chi connectivity index (χ0) is 15.9. The monoisotopic (exact) mass is 302 g/mol. The SMILES string of the molecule is CON(C)C(=O)C1CCN(C(=O)/C=C/c2ccccc2)CC1. The van der Waals surface area contributed by atoms with Crippen molar-refractivity contribution < 1.29 is 14.4 Å². The van der Waals surface area contributed by atoms with Crippen LogP contribution in [0.4, 0.5) is 0 Å². The van der Waals surface area contributed by atoms with Gasteiger partial charge in [-0.25, -0.2) is 5.06 Å². The van der Waals surface area contributed by atoms with Gasteiger partial charge in [0.15, 0.2) is 0 Å². The van der Waals surface area contributed by atoms with E-state index in [1.807, 2.05) is 36.4 Å². The topological polar surface area (TPSA) is 49.9 Å². The number of hydrogen-bond donors (Lipinski definition) is 0. The molecule has 1 saturated heterocycles. The summed E-state index contributed by atoms with van der Waals surface area (Å²) in [5.74, 6) is -0.0867. The molecule has 0 aromatic heterocycles. The van der Waals surface area contributed by atoms with Crippen LogP contribution in [0.15, 0.2) is 36.4 Å². The maximum atomic E-state index is 12.2. The van der Waals surface area contributed by atoms with Crippen molar-refractivity contribution in [2.24, 2.45) is 5.92 Å². The summed E-state index contributed by atoms with van der Waals surface area (Å²) in [5, 5.41) is 1.26. The van der Waals surface area contributed by atoms with Gasteiger partial charge < -0.3 is 4.90 Å². The molecule has 1 aliphatic heterocycles. The molecular formula is C17H22N2O3. The van der Waals surface area contributed by atoms with E-state index in [-0.39, 0.29) is 17.7 Å². The van der Waals surface area contributed by atoms with Crippen LogP contribution in [0, 0.1) is 5.92 Å². The summed E-state index contributed by atoms with van der Waals surface area (Å²) in [6.45, 7) is 1.21. The molecular weight excluding hydrogens is 280 g/mol. The molecule has 1 aromatic rings. The minimum Gasteiger partial charge on any atom is -0.339 e. The number of nitrogens with zero attached hydrogens (tertiary/aromatic N) is 2. The van der Waals surface area contributed by atoms with Crippen molar-refractivity contribution in [2.75, 3.05) is 27.2 Å². The molecule has 1 aliphatic rings. The van der Waals surface area contributed by atoms with E-state index in [2.05, 4.69) is 0 Å². The standard InChI is InChI=1S/C17H22N2O3/c1-18(22-2)17(21)15-10-12-19(13-11-15)16(20)9-8-14-6-4-3-5-7-14/h3-9,15H,10-13H2,1-2H3/b9-8+. The molecule has 0 atom stereocenters. The molecule has 0 unspecified atom stereocenters. The lowest BCUT2D eigenvalue weighted by molar-refractivity contribution is -0.175. The van der Waals surface area contributed by atoms with Gasteiger partial charge in [-0.2, -0.15) is 0 Å². The highest BCUT2D eigenvalue weighted by Gasteiger charge is 2.28. The molecule has 2 rings (SSSR count). The Morgan fingerprint density at radius 1 is 1.23 bits per heavy atom. The Kier molecular flexibility index (Phi) is 5.72. The van der Waals surface area contributed by atoms with Gasteiger partial charge in [0.1, 0.15) is 0 Å². The molecule has 0 saturated carbocycles. The Morgan fingerprint density at radius 3 is 2.45 bits per heavy atom. The van der Waals surface area contributed by atoms with Gasteiger partial charge in [0.25, 0.3) is 0 Å². The summed E-state index contributed by atoms with van der Waals surface area (Å²) in [6.07, 6.45) is 4.77. The third-order valence-electron chi connectivity index (χ3n) is 3.96. The average Bonchev–Trinajstić information content (AvgIpc) is 2.59. The van der Waals surface area contributed by atoms with Gasteiger partial charge in [0.05, 0.1) is 7.11 Å². The van der Waals surface area contributed by atoms with Crippen molar-refractivity contribution in [3.63, 3.8) is 0 Å². The molecule has 2 amide bonds. The molecule has 5 heteroatoms. The van der Waals surface area contributed by atoms with Crippen molar-refractivity contribution in [1.29, 1.82) is 0 Å². The van der Waals surface area contributed by atoms with Crippen molar-refractivity contribution >= 4 is 17.9 Å². The molecule has 22 heavy (non-hydrogen) atoms. The Morgan fingerprint density at radius 2 is 1.86 bits per heavy atom. The number of carbonyl (C=O) groups excluding carboxylic acids is 2. The maximum Gasteiger partial charge on any atom is 0.249 e. The van der Waals surface area contributed by atoms with Crippen LogP contribution in [-0.2, 0) is 14.4 Å². The van der Waals surface area contributed by atoms with E-state index in [0.717, 1.165) is 5.56 Å². The molecule has 0 bridgehead atoms. The Labute approximate surface area is 131 Å². The van der Waals surface area contributed by atoms with Crippen LogP contribution in [0.1, 0.15) is 18.4 Å². The van der Waals surface area contributed by atoms with Gasteiger partial charge in [-0.15, -0.1) is 0 Å². The van der Waals surface area contributed by atoms with E-state index in [4.69, 9.17) is 4.84 Å². The Hall–Kier alpha value is -2.14. The predicted molar refractivity (Wildman–Crippen MR) is 84.6 cm³/mol. The smallest absolute Gasteiger partial charge is 0.249 e. The second-order valence-corrected chi connectivity index (χ2v) is 5.36. The quantitative estimate of drug-likeness (QED) is 0.631. The van der Waals surface area contributed by atoms with Gasteiger partial charge in [-0.05, 0) is 24.5 Å². The molecule has 0 N–H and O–H groups in total. The van der Waals surface area contributed by atoms with Crippen LogP contribution in [0.3, 0.4) is 0 Å². The first-order valence-electron chi connectivity index (χ1n) is 7.45. The highest BCUT2D eigenvalue weighted by atomic mass is 16.7. The molecule has 1 fully saturated rings. The minimum absolute atomic E-state index is 0.00477. The molecule has 0 spiro atoms. The van der Waals surface area contributed by atoms with Gasteiger partial charge in [0, 0.05) is 32.1 Å². The molecule has 1 heterocycles. The summed E-state index contributed by atoms with van der Waals surface area (Å²) in [7, 11) is 3.09. The first-order valence-corrected chi connectivity index (χ1v) is 7.45. The van der Waals surface area contributed by atoms with E-state index < -0.39 is 0 Å². The average molecular weight is 302 g/mol. The number of benzene rings is 1. The zero-order valence-electron chi connectivity index (χ0n) is 13.1. The lowest BCUT2D eigenvalue weighted by Crippen LogP contribution is -2.42. The third kappa shape index (κ3) is 4.18. The predicted octanol–water partition coefficient (Wildman–Crippen LogP) is 1.96. The fourth-order valence-electron chi connectivity index (χ4n) is 2.53. The third-order valence-corrected chi connectivity index (χ3v) is 3.96. The van der Waals surface area contributed by atoms with Crippen LogP contribution in [0.5, 0.6) is 0 Å². The summed E-state index contributed by atoms with van der Waals surface area (Å²) in [6, 6.07) is 9.73. The number of hydrogen-bond acceptors (Lipinski definition) is 3. The van der Waals surface area contributed by atoms with Crippen LogP contribution >= 0.6 is 0 Å². The van der Waals surface area contributed by atoms with Crippen LogP contribution < -0.4 is 0 Å². The molecule has 118 valence electrons. The van der Waals surface area contributed by atoms with Gasteiger partial charge in [-0.1, -0.05) is 30.3 Å². The zero-order valence-corrected chi connectivity index (χ0v) is 13.1. The van der Waals surface area contributed by atoms with Crippen molar-refractivity contribution in [3.8, 4) is 0 Å². The minimum atomic E-state index is -0.0629. The van der Waals surface area contributed by atoms with E-state index in [9.17, 15) is 9.59 Å². The molecule has 1 aromatic carbocycles. The second kappa shape index (κ2) is 7.75. The first-order chi connectivity index (χ1) is 10.6. The van der Waals surface area contributed by atoms with Crippen molar-refractivity contribution in [1.82, 2.24) is 9.96 Å². The number of piperidine rings is 1. The second-order valence-electron chi connectivity index (χ2n) is 5.36. The fraction of sp³-hybridized carbons (Fsp3) is 0.412. The van der Waals surface area contributed by atoms with E-state index in [1.165, 1.54) is 12.2 Å². The van der Waals surface area contributed by atoms with Gasteiger partial charge in [-0.3, -0.25) is 14.4 Å². The van der Waals surface area contributed by atoms with E-state index in [1.54, 1.807) is 18.0 Å². The van der Waals surface area contributed by atoms with Crippen molar-refractivity contribution in [3.05, 3.63) is 42.0 Å². The lowest BCUT2D eigenvalue weighted by Gasteiger charge is -2.32. The number of likely N-dealkylation sites (tertiary alicyclic amines) is 1. The highest BCUT2D eigenvalue weighted by Crippen LogP contribution is 2.19. The fourth-order valence-corrected chi connectivity index (χ4v) is 2.53. The summed E-state index contributed by atoms with van der Waals surface area (Å²) < 4.78 is 0. The van der Waals surface area contributed by atoms with Gasteiger partial charge in [0.2, 0.25) is 11.8 Å². The normalized spacial score (nSPS) is 16.0. The summed E-state index contributed by atoms with van der Waals surface area (Å²) >= 11 is 0. The Bertz CT molecular complexity index is 534. The van der Waals surface area contributed by atoms with Crippen molar-refractivity contribution in [2.45, 2.75) is 12.8 Å². The number of amides is 2.